The Bertz CT molecular complexity index is 973. The maximum atomic E-state index is 12.4. The van der Waals surface area contributed by atoms with Crippen LogP contribution in [-0.2, 0) is 19.1 Å². The quantitative estimate of drug-likeness (QED) is 0.689. The number of hydrogen-bond acceptors (Lipinski definition) is 4. The van der Waals surface area contributed by atoms with Gasteiger partial charge < -0.3 is 15.0 Å². The minimum atomic E-state index is -0.579. The van der Waals surface area contributed by atoms with Gasteiger partial charge in [0.15, 0.2) is 6.61 Å². The van der Waals surface area contributed by atoms with Crippen LogP contribution in [0.1, 0.15) is 23.1 Å². The van der Waals surface area contributed by atoms with E-state index in [1.54, 1.807) is 11.0 Å². The molecule has 29 heavy (non-hydrogen) atoms. The second kappa shape index (κ2) is 8.78. The number of carbonyl (C=O) groups is 3. The molecule has 152 valence electrons. The first kappa shape index (κ1) is 21.0. The second-order valence-electron chi connectivity index (χ2n) is 7.24. The molecule has 1 saturated heterocycles. The molecule has 1 atom stereocenters. The van der Waals surface area contributed by atoms with Crippen LogP contribution in [0.3, 0.4) is 0 Å². The summed E-state index contributed by atoms with van der Waals surface area (Å²) in [6, 6.07) is 11.2. The number of ether oxygens (including phenoxy) is 1. The van der Waals surface area contributed by atoms with Crippen LogP contribution in [0.4, 0.5) is 11.4 Å². The highest BCUT2D eigenvalue weighted by Crippen LogP contribution is 2.29. The standard InChI is InChI=1S/C22H23BrN2O4/c1-13-5-4-6-19(15(13)3)25-11-16(10-21(25)27)22(28)29-12-20(26)24-17-7-8-18(23)14(2)9-17/h4-9,16H,10-12H2,1-3H3,(H,24,26)/t16-/m0/s1. The number of nitrogens with one attached hydrogen (secondary N) is 1. The molecule has 0 saturated carbocycles. The van der Waals surface area contributed by atoms with E-state index >= 15 is 0 Å². The van der Waals surface area contributed by atoms with Gasteiger partial charge in [0.05, 0.1) is 5.92 Å². The summed E-state index contributed by atoms with van der Waals surface area (Å²) in [5.74, 6) is -1.65. The molecule has 0 bridgehead atoms. The van der Waals surface area contributed by atoms with Crippen LogP contribution < -0.4 is 10.2 Å². The molecule has 1 aliphatic heterocycles. The van der Waals surface area contributed by atoms with E-state index in [9.17, 15) is 14.4 Å². The monoisotopic (exact) mass is 458 g/mol. The zero-order valence-corrected chi connectivity index (χ0v) is 18.2. The number of anilines is 2. The number of hydrogen-bond donors (Lipinski definition) is 1. The number of nitrogens with zero attached hydrogens (tertiary/aromatic N) is 1. The Hall–Kier alpha value is -2.67. The Kier molecular flexibility index (Phi) is 6.37. The molecule has 2 amide bonds. The second-order valence-corrected chi connectivity index (χ2v) is 8.10. The van der Waals surface area contributed by atoms with Crippen molar-refractivity contribution in [3.63, 3.8) is 0 Å². The van der Waals surface area contributed by atoms with Crippen LogP contribution >= 0.6 is 15.9 Å². The summed E-state index contributed by atoms with van der Waals surface area (Å²) in [7, 11) is 0. The van der Waals surface area contributed by atoms with E-state index in [1.165, 1.54) is 0 Å². The van der Waals surface area contributed by atoms with E-state index < -0.39 is 17.8 Å². The van der Waals surface area contributed by atoms with Crippen LogP contribution in [0.5, 0.6) is 0 Å². The van der Waals surface area contributed by atoms with Gasteiger partial charge in [0.25, 0.3) is 5.91 Å². The Morgan fingerprint density at radius 2 is 1.93 bits per heavy atom. The van der Waals surface area contributed by atoms with Crippen LogP contribution in [0, 0.1) is 26.7 Å². The highest BCUT2D eigenvalue weighted by Gasteiger charge is 2.37. The number of carbonyl (C=O) groups excluding carboxylic acids is 3. The molecular weight excluding hydrogens is 436 g/mol. The predicted molar refractivity (Wildman–Crippen MR) is 115 cm³/mol. The lowest BCUT2D eigenvalue weighted by Crippen LogP contribution is -2.28. The summed E-state index contributed by atoms with van der Waals surface area (Å²) in [6.07, 6.45) is 0.0831. The van der Waals surface area contributed by atoms with Crippen LogP contribution in [0.2, 0.25) is 0 Å². The SMILES string of the molecule is Cc1cc(NC(=O)COC(=O)[C@H]2CC(=O)N(c3cccc(C)c3C)C2)ccc1Br. The van der Waals surface area contributed by atoms with Crippen molar-refractivity contribution in [1.29, 1.82) is 0 Å². The first-order chi connectivity index (χ1) is 13.8. The largest absolute Gasteiger partial charge is 0.455 e. The molecule has 6 nitrogen and oxygen atoms in total. The van der Waals surface area contributed by atoms with Crippen molar-refractivity contribution < 1.29 is 19.1 Å². The first-order valence-corrected chi connectivity index (χ1v) is 10.1. The molecule has 0 aromatic heterocycles. The van der Waals surface area contributed by atoms with Crippen molar-refractivity contribution in [2.24, 2.45) is 5.92 Å². The van der Waals surface area contributed by atoms with Crippen LogP contribution in [0.25, 0.3) is 0 Å². The maximum Gasteiger partial charge on any atom is 0.311 e. The number of benzene rings is 2. The first-order valence-electron chi connectivity index (χ1n) is 9.35. The van der Waals surface area contributed by atoms with Crippen molar-refractivity contribution in [3.05, 3.63) is 57.6 Å². The summed E-state index contributed by atoms with van der Waals surface area (Å²) >= 11 is 3.40. The molecule has 1 heterocycles. The topological polar surface area (TPSA) is 75.7 Å². The number of aryl methyl sites for hydroxylation is 2. The third-order valence-corrected chi connectivity index (χ3v) is 6.00. The smallest absolute Gasteiger partial charge is 0.311 e. The Balaban J connectivity index is 1.56. The van der Waals surface area contributed by atoms with Gasteiger partial charge in [0.2, 0.25) is 5.91 Å². The molecule has 0 aliphatic carbocycles. The van der Waals surface area contributed by atoms with Crippen LogP contribution in [0.15, 0.2) is 40.9 Å². The molecule has 0 spiro atoms. The van der Waals surface area contributed by atoms with Gasteiger partial charge >= 0.3 is 5.97 Å². The molecule has 0 radical (unpaired) electrons. The molecule has 0 unspecified atom stereocenters. The molecular formula is C22H23BrN2O4. The van der Waals surface area contributed by atoms with Gasteiger partial charge in [0, 0.05) is 28.8 Å². The third kappa shape index (κ3) is 4.85. The minimum absolute atomic E-state index is 0.0831. The van der Waals surface area contributed by atoms with Gasteiger partial charge in [-0.2, -0.15) is 0 Å². The number of halogens is 1. The lowest BCUT2D eigenvalue weighted by molar-refractivity contribution is -0.151. The molecule has 3 rings (SSSR count). The van der Waals surface area contributed by atoms with Crippen LogP contribution in [-0.4, -0.2) is 30.9 Å². The number of amides is 2. The van der Waals surface area contributed by atoms with Gasteiger partial charge in [-0.05, 0) is 61.7 Å². The van der Waals surface area contributed by atoms with E-state index in [0.717, 1.165) is 26.9 Å². The van der Waals surface area contributed by atoms with E-state index in [2.05, 4.69) is 21.2 Å². The van der Waals surface area contributed by atoms with Crippen molar-refractivity contribution in [3.8, 4) is 0 Å². The van der Waals surface area contributed by atoms with E-state index in [0.29, 0.717) is 5.69 Å². The fraction of sp³-hybridized carbons (Fsp3) is 0.318. The zero-order valence-electron chi connectivity index (χ0n) is 16.6. The van der Waals surface area contributed by atoms with Crippen molar-refractivity contribution >= 4 is 45.1 Å². The number of rotatable bonds is 5. The Morgan fingerprint density at radius 3 is 2.66 bits per heavy atom. The van der Waals surface area contributed by atoms with Crippen molar-refractivity contribution in [1.82, 2.24) is 0 Å². The summed E-state index contributed by atoms with van der Waals surface area (Å²) in [6.45, 7) is 5.73. The van der Waals surface area contributed by atoms with Gasteiger partial charge in [-0.3, -0.25) is 14.4 Å². The fourth-order valence-electron chi connectivity index (χ4n) is 3.30. The van der Waals surface area contributed by atoms with E-state index in [1.807, 2.05) is 51.1 Å². The summed E-state index contributed by atoms with van der Waals surface area (Å²) in [5, 5.41) is 2.70. The summed E-state index contributed by atoms with van der Waals surface area (Å²) < 4.78 is 6.11. The summed E-state index contributed by atoms with van der Waals surface area (Å²) in [4.78, 5) is 38.5. The Morgan fingerprint density at radius 1 is 1.17 bits per heavy atom. The Labute approximate surface area is 178 Å². The highest BCUT2D eigenvalue weighted by molar-refractivity contribution is 9.10. The molecule has 2 aromatic rings. The zero-order chi connectivity index (χ0) is 21.1. The van der Waals surface area contributed by atoms with Gasteiger partial charge in [-0.15, -0.1) is 0 Å². The van der Waals surface area contributed by atoms with E-state index in [-0.39, 0.29) is 25.5 Å². The van der Waals surface area contributed by atoms with Gasteiger partial charge in [-0.25, -0.2) is 0 Å². The average Bonchev–Trinajstić information content (AvgIpc) is 3.06. The minimum Gasteiger partial charge on any atom is -0.455 e. The molecule has 1 fully saturated rings. The fourth-order valence-corrected chi connectivity index (χ4v) is 3.55. The molecule has 2 aromatic carbocycles. The summed E-state index contributed by atoms with van der Waals surface area (Å²) in [5.41, 5.74) is 4.52. The lowest BCUT2D eigenvalue weighted by atomic mass is 10.1. The normalized spacial score (nSPS) is 16.1. The molecule has 1 N–H and O–H groups in total. The maximum absolute atomic E-state index is 12.4. The van der Waals surface area contributed by atoms with Crippen molar-refractivity contribution in [2.45, 2.75) is 27.2 Å². The van der Waals surface area contributed by atoms with Crippen molar-refractivity contribution in [2.75, 3.05) is 23.4 Å². The lowest BCUT2D eigenvalue weighted by Gasteiger charge is -2.20. The highest BCUT2D eigenvalue weighted by atomic mass is 79.9. The van der Waals surface area contributed by atoms with Gasteiger partial charge in [0.1, 0.15) is 0 Å². The average molecular weight is 459 g/mol. The molecule has 1 aliphatic rings. The van der Waals surface area contributed by atoms with Gasteiger partial charge in [-0.1, -0.05) is 28.1 Å². The predicted octanol–water partition coefficient (Wildman–Crippen LogP) is 3.91. The number of esters is 1. The molecule has 7 heteroatoms. The van der Waals surface area contributed by atoms with E-state index in [4.69, 9.17) is 4.74 Å². The third-order valence-electron chi connectivity index (χ3n) is 5.11.